The Bertz CT molecular complexity index is 288. The maximum Gasteiger partial charge on any atom is 0.193 e. The molecule has 0 aromatic carbocycles. The lowest BCUT2D eigenvalue weighted by atomic mass is 10.4. The Kier molecular flexibility index (Phi) is 2.68. The van der Waals surface area contributed by atoms with E-state index in [0.717, 1.165) is 0 Å². The normalized spacial score (nSPS) is 11.6. The third-order valence-electron chi connectivity index (χ3n) is 1.02. The first-order chi connectivity index (χ1) is 5.24. The minimum Gasteiger partial charge on any atom is -0.410 e. The Morgan fingerprint density at radius 3 is 2.91 bits per heavy atom. The predicted octanol–water partition coefficient (Wildman–Crippen LogP) is 2.11. The van der Waals surface area contributed by atoms with E-state index in [1.54, 1.807) is 6.07 Å². The van der Waals surface area contributed by atoms with Gasteiger partial charge in [-0.15, -0.1) is 0 Å². The molecule has 0 aliphatic heterocycles. The molecule has 3 nitrogen and oxygen atoms in total. The van der Waals surface area contributed by atoms with Gasteiger partial charge < -0.3 is 5.21 Å². The fraction of sp³-hybridized carbons (Fsp3) is 0. The van der Waals surface area contributed by atoms with E-state index in [1.807, 2.05) is 0 Å². The van der Waals surface area contributed by atoms with Crippen LogP contribution >= 0.6 is 23.2 Å². The summed E-state index contributed by atoms with van der Waals surface area (Å²) >= 11 is 11.1. The van der Waals surface area contributed by atoms with Crippen LogP contribution in [0.25, 0.3) is 0 Å². The maximum atomic E-state index is 8.25. The highest BCUT2D eigenvalue weighted by atomic mass is 35.5. The SMILES string of the molecule is ON=C(Cl)c1cc(Cl)ccn1. The fourth-order valence-corrected chi connectivity index (χ4v) is 0.832. The van der Waals surface area contributed by atoms with E-state index in [9.17, 15) is 0 Å². The van der Waals surface area contributed by atoms with Crippen molar-refractivity contribution in [1.29, 1.82) is 0 Å². The van der Waals surface area contributed by atoms with Crippen LogP contribution in [0.3, 0.4) is 0 Å². The number of oxime groups is 1. The number of hydrogen-bond donors (Lipinski definition) is 1. The zero-order chi connectivity index (χ0) is 8.27. The molecular weight excluding hydrogens is 187 g/mol. The molecule has 0 aliphatic rings. The van der Waals surface area contributed by atoms with Crippen molar-refractivity contribution in [3.63, 3.8) is 0 Å². The minimum atomic E-state index is -0.0764. The van der Waals surface area contributed by atoms with Crippen LogP contribution in [-0.4, -0.2) is 15.4 Å². The molecule has 0 saturated carbocycles. The lowest BCUT2D eigenvalue weighted by Crippen LogP contribution is -1.93. The third kappa shape index (κ3) is 2.06. The molecule has 0 saturated heterocycles. The fourth-order valence-electron chi connectivity index (χ4n) is 0.569. The van der Waals surface area contributed by atoms with Gasteiger partial charge in [-0.3, -0.25) is 4.98 Å². The van der Waals surface area contributed by atoms with Gasteiger partial charge in [0.15, 0.2) is 5.17 Å². The van der Waals surface area contributed by atoms with Gasteiger partial charge in [-0.1, -0.05) is 28.4 Å². The highest BCUT2D eigenvalue weighted by Gasteiger charge is 2.01. The molecule has 0 radical (unpaired) electrons. The molecule has 11 heavy (non-hydrogen) atoms. The van der Waals surface area contributed by atoms with Crippen molar-refractivity contribution in [3.05, 3.63) is 29.0 Å². The number of hydrogen-bond acceptors (Lipinski definition) is 3. The smallest absolute Gasteiger partial charge is 0.193 e. The molecular formula is C6H4Cl2N2O. The molecule has 58 valence electrons. The second-order valence-electron chi connectivity index (χ2n) is 1.75. The Labute approximate surface area is 73.3 Å². The number of nitrogens with zero attached hydrogens (tertiary/aromatic N) is 2. The first-order valence-electron chi connectivity index (χ1n) is 2.73. The van der Waals surface area contributed by atoms with Gasteiger partial charge >= 0.3 is 0 Å². The van der Waals surface area contributed by atoms with E-state index in [2.05, 4.69) is 10.1 Å². The first kappa shape index (κ1) is 8.30. The Hall–Kier alpha value is -0.800. The second-order valence-corrected chi connectivity index (χ2v) is 2.54. The molecule has 0 amide bonds. The van der Waals surface area contributed by atoms with Gasteiger partial charge in [0.1, 0.15) is 5.69 Å². The molecule has 0 fully saturated rings. The molecule has 1 aromatic heterocycles. The molecule has 1 rings (SSSR count). The molecule has 0 aliphatic carbocycles. The molecule has 0 atom stereocenters. The van der Waals surface area contributed by atoms with E-state index in [4.69, 9.17) is 28.4 Å². The molecule has 1 heterocycles. The maximum absolute atomic E-state index is 8.25. The highest BCUT2D eigenvalue weighted by molar-refractivity contribution is 6.69. The van der Waals surface area contributed by atoms with Crippen molar-refractivity contribution in [2.24, 2.45) is 5.16 Å². The van der Waals surface area contributed by atoms with E-state index in [0.29, 0.717) is 10.7 Å². The monoisotopic (exact) mass is 190 g/mol. The van der Waals surface area contributed by atoms with E-state index < -0.39 is 0 Å². The Morgan fingerprint density at radius 1 is 1.64 bits per heavy atom. The number of rotatable bonds is 1. The van der Waals surface area contributed by atoms with E-state index in [-0.39, 0.29) is 5.17 Å². The molecule has 0 spiro atoms. The number of pyridine rings is 1. The molecule has 1 N–H and O–H groups in total. The summed E-state index contributed by atoms with van der Waals surface area (Å²) in [6, 6.07) is 3.11. The van der Waals surface area contributed by atoms with Gasteiger partial charge in [0.2, 0.25) is 0 Å². The summed E-state index contributed by atoms with van der Waals surface area (Å²) in [7, 11) is 0. The second kappa shape index (κ2) is 3.55. The van der Waals surface area contributed by atoms with Crippen LogP contribution in [0.1, 0.15) is 5.69 Å². The Balaban J connectivity index is 3.06. The summed E-state index contributed by atoms with van der Waals surface area (Å²) in [5.74, 6) is 0. The van der Waals surface area contributed by atoms with Crippen LogP contribution in [0.5, 0.6) is 0 Å². The van der Waals surface area contributed by atoms with Gasteiger partial charge in [-0.05, 0) is 12.1 Å². The standard InChI is InChI=1S/C6H4Cl2N2O/c7-4-1-2-9-5(3-4)6(8)10-11/h1-3,11H. The van der Waals surface area contributed by atoms with E-state index in [1.165, 1.54) is 12.3 Å². The lowest BCUT2D eigenvalue weighted by molar-refractivity contribution is 0.320. The van der Waals surface area contributed by atoms with Crippen molar-refractivity contribution in [2.45, 2.75) is 0 Å². The van der Waals surface area contributed by atoms with Crippen LogP contribution in [-0.2, 0) is 0 Å². The van der Waals surface area contributed by atoms with Crippen molar-refractivity contribution >= 4 is 28.4 Å². The van der Waals surface area contributed by atoms with Gasteiger partial charge in [-0.25, -0.2) is 0 Å². The summed E-state index contributed by atoms with van der Waals surface area (Å²) in [6.07, 6.45) is 1.48. The molecule has 0 unspecified atom stereocenters. The van der Waals surface area contributed by atoms with Crippen molar-refractivity contribution < 1.29 is 5.21 Å². The van der Waals surface area contributed by atoms with Crippen LogP contribution in [0.4, 0.5) is 0 Å². The zero-order valence-electron chi connectivity index (χ0n) is 5.33. The highest BCUT2D eigenvalue weighted by Crippen LogP contribution is 2.09. The number of aromatic nitrogens is 1. The lowest BCUT2D eigenvalue weighted by Gasteiger charge is -1.94. The van der Waals surface area contributed by atoms with Crippen molar-refractivity contribution in [3.8, 4) is 0 Å². The summed E-state index contributed by atoms with van der Waals surface area (Å²) < 4.78 is 0. The van der Waals surface area contributed by atoms with E-state index >= 15 is 0 Å². The largest absolute Gasteiger partial charge is 0.410 e. The topological polar surface area (TPSA) is 45.5 Å². The van der Waals surface area contributed by atoms with Crippen molar-refractivity contribution in [1.82, 2.24) is 4.98 Å². The first-order valence-corrected chi connectivity index (χ1v) is 3.49. The van der Waals surface area contributed by atoms with Crippen LogP contribution in [0.2, 0.25) is 5.02 Å². The van der Waals surface area contributed by atoms with Gasteiger partial charge in [0.05, 0.1) is 0 Å². The quantitative estimate of drug-likeness (QED) is 0.419. The zero-order valence-corrected chi connectivity index (χ0v) is 6.84. The summed E-state index contributed by atoms with van der Waals surface area (Å²) in [5, 5.41) is 11.4. The van der Waals surface area contributed by atoms with Gasteiger partial charge in [0.25, 0.3) is 0 Å². The average Bonchev–Trinajstić information content (AvgIpc) is 2.03. The molecule has 1 aromatic rings. The number of halogens is 2. The summed E-state index contributed by atoms with van der Waals surface area (Å²) in [5.41, 5.74) is 0.349. The Morgan fingerprint density at radius 2 is 2.36 bits per heavy atom. The minimum absolute atomic E-state index is 0.0764. The van der Waals surface area contributed by atoms with Crippen molar-refractivity contribution in [2.75, 3.05) is 0 Å². The summed E-state index contributed by atoms with van der Waals surface area (Å²) in [6.45, 7) is 0. The van der Waals surface area contributed by atoms with Gasteiger partial charge in [-0.2, -0.15) is 0 Å². The summed E-state index contributed by atoms with van der Waals surface area (Å²) in [4.78, 5) is 3.80. The van der Waals surface area contributed by atoms with Crippen LogP contribution in [0.15, 0.2) is 23.5 Å². The third-order valence-corrected chi connectivity index (χ3v) is 1.53. The predicted molar refractivity (Wildman–Crippen MR) is 43.4 cm³/mol. The molecule has 5 heteroatoms. The van der Waals surface area contributed by atoms with Crippen LogP contribution < -0.4 is 0 Å². The van der Waals surface area contributed by atoms with Crippen LogP contribution in [0, 0.1) is 0 Å². The molecule has 0 bridgehead atoms. The van der Waals surface area contributed by atoms with Gasteiger partial charge in [0, 0.05) is 11.2 Å². The average molecular weight is 191 g/mol.